The predicted octanol–water partition coefficient (Wildman–Crippen LogP) is 1.94. The molecule has 0 aromatic carbocycles. The van der Waals surface area contributed by atoms with Crippen LogP contribution in [0, 0.1) is 0 Å². The highest BCUT2D eigenvalue weighted by Gasteiger charge is 2.29. The van der Waals surface area contributed by atoms with E-state index in [2.05, 4.69) is 5.32 Å². The summed E-state index contributed by atoms with van der Waals surface area (Å²) in [6, 6.07) is 1.75. The van der Waals surface area contributed by atoms with Crippen LogP contribution in [0.3, 0.4) is 0 Å². The Kier molecular flexibility index (Phi) is 4.47. The standard InChI is InChI=1S/C11H16N2O2S2/c1-4-11(2,10(12)16)13-9(14)8-7(15-3)5-6-17-8/h5-6H,4H2,1-3H3,(H2,12,16)(H,13,14). The minimum atomic E-state index is -0.665. The molecule has 0 aliphatic rings. The van der Waals surface area contributed by atoms with Crippen LogP contribution in [0.1, 0.15) is 29.9 Å². The molecule has 0 saturated heterocycles. The Hall–Kier alpha value is -1.14. The smallest absolute Gasteiger partial charge is 0.265 e. The molecule has 0 fully saturated rings. The Morgan fingerprint density at radius 1 is 1.71 bits per heavy atom. The number of thiophene rings is 1. The van der Waals surface area contributed by atoms with Crippen molar-refractivity contribution in [3.63, 3.8) is 0 Å². The average Bonchev–Trinajstić information content (AvgIpc) is 2.76. The highest BCUT2D eigenvalue weighted by Crippen LogP contribution is 2.25. The van der Waals surface area contributed by atoms with Crippen molar-refractivity contribution < 1.29 is 9.53 Å². The van der Waals surface area contributed by atoms with Crippen LogP contribution in [0.25, 0.3) is 0 Å². The number of hydrogen-bond acceptors (Lipinski definition) is 4. The molecule has 1 rings (SSSR count). The highest BCUT2D eigenvalue weighted by atomic mass is 32.1. The molecular weight excluding hydrogens is 256 g/mol. The second-order valence-electron chi connectivity index (χ2n) is 3.82. The lowest BCUT2D eigenvalue weighted by atomic mass is 9.99. The molecule has 0 aliphatic heterocycles. The molecule has 0 aliphatic carbocycles. The third kappa shape index (κ3) is 2.95. The summed E-state index contributed by atoms with van der Waals surface area (Å²) in [6.07, 6.45) is 0.641. The molecule has 4 nitrogen and oxygen atoms in total. The van der Waals surface area contributed by atoms with Crippen LogP contribution < -0.4 is 15.8 Å². The first-order valence-corrected chi connectivity index (χ1v) is 6.47. The Bertz CT molecular complexity index is 431. The molecule has 1 aromatic heterocycles. The van der Waals surface area contributed by atoms with Gasteiger partial charge in [-0.1, -0.05) is 19.1 Å². The van der Waals surface area contributed by atoms with Gasteiger partial charge in [-0.2, -0.15) is 0 Å². The van der Waals surface area contributed by atoms with Crippen LogP contribution in [0.15, 0.2) is 11.4 Å². The van der Waals surface area contributed by atoms with E-state index in [4.69, 9.17) is 22.7 Å². The first kappa shape index (κ1) is 13.9. The second-order valence-corrected chi connectivity index (χ2v) is 5.18. The van der Waals surface area contributed by atoms with Gasteiger partial charge in [0.05, 0.1) is 17.6 Å². The maximum atomic E-state index is 12.1. The van der Waals surface area contributed by atoms with Crippen LogP contribution in [-0.4, -0.2) is 23.5 Å². The van der Waals surface area contributed by atoms with Crippen LogP contribution in [0.2, 0.25) is 0 Å². The molecule has 94 valence electrons. The normalized spacial score (nSPS) is 13.8. The van der Waals surface area contributed by atoms with Gasteiger partial charge in [0.2, 0.25) is 0 Å². The number of amides is 1. The van der Waals surface area contributed by atoms with Gasteiger partial charge in [0.1, 0.15) is 10.6 Å². The van der Waals surface area contributed by atoms with Crippen LogP contribution in [0.4, 0.5) is 0 Å². The van der Waals surface area contributed by atoms with Gasteiger partial charge in [-0.3, -0.25) is 4.79 Å². The van der Waals surface area contributed by atoms with E-state index in [9.17, 15) is 4.79 Å². The van der Waals surface area contributed by atoms with Crippen molar-refractivity contribution >= 4 is 34.5 Å². The van der Waals surface area contributed by atoms with E-state index in [1.54, 1.807) is 11.4 Å². The summed E-state index contributed by atoms with van der Waals surface area (Å²) < 4.78 is 5.10. The fourth-order valence-corrected chi connectivity index (χ4v) is 2.20. The lowest BCUT2D eigenvalue weighted by Crippen LogP contribution is -2.53. The fraction of sp³-hybridized carbons (Fsp3) is 0.455. The largest absolute Gasteiger partial charge is 0.495 e. The molecule has 1 atom stereocenters. The molecule has 0 radical (unpaired) electrons. The number of nitrogens with one attached hydrogen (secondary N) is 1. The number of methoxy groups -OCH3 is 1. The average molecular weight is 272 g/mol. The number of thiocarbonyl (C=S) groups is 1. The lowest BCUT2D eigenvalue weighted by molar-refractivity contribution is 0.0928. The van der Waals surface area contributed by atoms with Crippen molar-refractivity contribution in [1.82, 2.24) is 5.32 Å². The zero-order valence-electron chi connectivity index (χ0n) is 10.1. The monoisotopic (exact) mass is 272 g/mol. The van der Waals surface area contributed by atoms with Gasteiger partial charge in [-0.25, -0.2) is 0 Å². The van der Waals surface area contributed by atoms with Gasteiger partial charge in [0.25, 0.3) is 5.91 Å². The van der Waals surface area contributed by atoms with E-state index in [0.717, 1.165) is 0 Å². The molecule has 1 aromatic rings. The van der Waals surface area contributed by atoms with Gasteiger partial charge in [-0.15, -0.1) is 11.3 Å². The topological polar surface area (TPSA) is 64.3 Å². The minimum Gasteiger partial charge on any atom is -0.495 e. The number of rotatable bonds is 5. The molecule has 3 N–H and O–H groups in total. The maximum Gasteiger partial charge on any atom is 0.265 e. The molecule has 0 spiro atoms. The molecule has 1 unspecified atom stereocenters. The van der Waals surface area contributed by atoms with E-state index in [1.165, 1.54) is 18.4 Å². The van der Waals surface area contributed by atoms with Gasteiger partial charge in [0, 0.05) is 0 Å². The molecular formula is C11H16N2O2S2. The predicted molar refractivity (Wildman–Crippen MR) is 73.8 cm³/mol. The summed E-state index contributed by atoms with van der Waals surface area (Å²) in [5, 5.41) is 4.65. The number of hydrogen-bond donors (Lipinski definition) is 2. The second kappa shape index (κ2) is 5.46. The van der Waals surface area contributed by atoms with Crippen molar-refractivity contribution in [2.24, 2.45) is 5.73 Å². The third-order valence-electron chi connectivity index (χ3n) is 2.70. The number of ether oxygens (including phenoxy) is 1. The van der Waals surface area contributed by atoms with E-state index >= 15 is 0 Å². The van der Waals surface area contributed by atoms with Crippen molar-refractivity contribution in [3.05, 3.63) is 16.3 Å². The number of nitrogens with two attached hydrogens (primary N) is 1. The van der Waals surface area contributed by atoms with Crippen LogP contribution >= 0.6 is 23.6 Å². The third-order valence-corrected chi connectivity index (χ3v) is 4.04. The number of carbonyl (C=O) groups is 1. The molecule has 17 heavy (non-hydrogen) atoms. The summed E-state index contributed by atoms with van der Waals surface area (Å²) in [5.41, 5.74) is 4.98. The fourth-order valence-electron chi connectivity index (χ4n) is 1.26. The van der Waals surface area contributed by atoms with Crippen molar-refractivity contribution in [2.45, 2.75) is 25.8 Å². The molecule has 0 saturated carbocycles. The van der Waals surface area contributed by atoms with Crippen molar-refractivity contribution in [2.75, 3.05) is 7.11 Å². The van der Waals surface area contributed by atoms with E-state index in [1.807, 2.05) is 13.8 Å². The zero-order valence-corrected chi connectivity index (χ0v) is 11.7. The summed E-state index contributed by atoms with van der Waals surface area (Å²) >= 11 is 6.30. The summed E-state index contributed by atoms with van der Waals surface area (Å²) in [4.78, 5) is 12.9. The molecule has 6 heteroatoms. The van der Waals surface area contributed by atoms with E-state index in [0.29, 0.717) is 17.0 Å². The summed E-state index contributed by atoms with van der Waals surface area (Å²) in [6.45, 7) is 3.73. The van der Waals surface area contributed by atoms with Gasteiger partial charge >= 0.3 is 0 Å². The lowest BCUT2D eigenvalue weighted by Gasteiger charge is -2.28. The number of carbonyl (C=O) groups excluding carboxylic acids is 1. The summed E-state index contributed by atoms with van der Waals surface area (Å²) in [7, 11) is 1.53. The summed E-state index contributed by atoms with van der Waals surface area (Å²) in [5.74, 6) is 0.350. The van der Waals surface area contributed by atoms with Crippen molar-refractivity contribution in [1.29, 1.82) is 0 Å². The highest BCUT2D eigenvalue weighted by molar-refractivity contribution is 7.80. The SMILES string of the molecule is CCC(C)(NC(=O)c1sccc1OC)C(N)=S. The Morgan fingerprint density at radius 3 is 2.82 bits per heavy atom. The maximum absolute atomic E-state index is 12.1. The van der Waals surface area contributed by atoms with E-state index < -0.39 is 5.54 Å². The molecule has 1 amide bonds. The molecule has 0 bridgehead atoms. The first-order chi connectivity index (χ1) is 7.94. The van der Waals surface area contributed by atoms with Gasteiger partial charge in [0.15, 0.2) is 0 Å². The molecule has 1 heterocycles. The Labute approximate surface area is 110 Å². The van der Waals surface area contributed by atoms with Gasteiger partial charge < -0.3 is 15.8 Å². The van der Waals surface area contributed by atoms with E-state index in [-0.39, 0.29) is 10.9 Å². The Morgan fingerprint density at radius 2 is 2.35 bits per heavy atom. The van der Waals surface area contributed by atoms with Gasteiger partial charge in [-0.05, 0) is 24.8 Å². The zero-order chi connectivity index (χ0) is 13.1. The Balaban J connectivity index is 2.89. The van der Waals surface area contributed by atoms with Crippen molar-refractivity contribution in [3.8, 4) is 5.75 Å². The van der Waals surface area contributed by atoms with Crippen LogP contribution in [0.5, 0.6) is 5.75 Å². The first-order valence-electron chi connectivity index (χ1n) is 5.18. The quantitative estimate of drug-likeness (QED) is 0.804. The van der Waals surface area contributed by atoms with Crippen LogP contribution in [-0.2, 0) is 0 Å². The minimum absolute atomic E-state index is 0.214.